The highest BCUT2D eigenvalue weighted by Gasteiger charge is 2.15. The molecule has 0 aromatic carbocycles. The molecule has 0 N–H and O–H groups in total. The zero-order valence-electron chi connectivity index (χ0n) is 14.4. The van der Waals surface area contributed by atoms with Crippen LogP contribution in [0.5, 0.6) is 0 Å². The van der Waals surface area contributed by atoms with Crippen molar-refractivity contribution in [1.29, 1.82) is 0 Å². The number of hydrogen-bond donors (Lipinski definition) is 0. The highest BCUT2D eigenvalue weighted by molar-refractivity contribution is 5.82. The number of likely N-dealkylation sites (tertiary alicyclic amines) is 1. The van der Waals surface area contributed by atoms with E-state index in [9.17, 15) is 0 Å². The number of piperidine rings is 1. The lowest BCUT2D eigenvalue weighted by molar-refractivity contribution is 0.219. The summed E-state index contributed by atoms with van der Waals surface area (Å²) in [4.78, 5) is 11.5. The van der Waals surface area contributed by atoms with E-state index in [1.165, 1.54) is 43.7 Å². The molecule has 1 fully saturated rings. The highest BCUT2D eigenvalue weighted by atomic mass is 15.3. The fourth-order valence-corrected chi connectivity index (χ4v) is 3.64. The minimum absolute atomic E-state index is 0.879. The molecule has 3 aromatic heterocycles. The molecule has 1 aliphatic heterocycles. The molecular weight excluding hydrogens is 300 g/mol. The normalized spacial score (nSPS) is 16.1. The van der Waals surface area contributed by atoms with E-state index in [1.807, 2.05) is 10.9 Å². The van der Waals surface area contributed by atoms with Crippen LogP contribution in [0.3, 0.4) is 0 Å². The molecule has 1 aliphatic rings. The summed E-state index contributed by atoms with van der Waals surface area (Å²) in [7, 11) is 0. The monoisotopic (exact) mass is 324 g/mol. The van der Waals surface area contributed by atoms with Crippen molar-refractivity contribution in [2.45, 2.75) is 39.7 Å². The first-order valence-corrected chi connectivity index (χ1v) is 8.78. The number of rotatable bonds is 4. The van der Waals surface area contributed by atoms with E-state index in [4.69, 9.17) is 0 Å². The van der Waals surface area contributed by atoms with E-state index >= 15 is 0 Å². The fraction of sp³-hybridized carbons (Fsp3) is 0.500. The van der Waals surface area contributed by atoms with Gasteiger partial charge in [-0.05, 0) is 51.9 Å². The second-order valence-electron chi connectivity index (χ2n) is 6.66. The van der Waals surface area contributed by atoms with Crippen LogP contribution in [0.15, 0.2) is 24.7 Å². The van der Waals surface area contributed by atoms with E-state index in [2.05, 4.69) is 50.5 Å². The van der Waals surface area contributed by atoms with Gasteiger partial charge < -0.3 is 9.47 Å². The zero-order chi connectivity index (χ0) is 16.5. The van der Waals surface area contributed by atoms with Gasteiger partial charge in [0.05, 0.1) is 18.1 Å². The maximum absolute atomic E-state index is 4.58. The highest BCUT2D eigenvalue weighted by Crippen LogP contribution is 2.22. The molecule has 0 unspecified atom stereocenters. The summed E-state index contributed by atoms with van der Waals surface area (Å²) in [5.74, 6) is 0.921. The summed E-state index contributed by atoms with van der Waals surface area (Å²) in [6, 6.07) is 4.23. The Hall–Kier alpha value is -2.21. The van der Waals surface area contributed by atoms with Gasteiger partial charge in [-0.15, -0.1) is 0 Å². The van der Waals surface area contributed by atoms with Gasteiger partial charge in [-0.2, -0.15) is 5.10 Å². The first-order chi connectivity index (χ1) is 11.7. The number of aryl methyl sites for hydroxylation is 2. The molecule has 24 heavy (non-hydrogen) atoms. The van der Waals surface area contributed by atoms with Gasteiger partial charge in [0.25, 0.3) is 0 Å². The Bertz CT molecular complexity index is 821. The van der Waals surface area contributed by atoms with Gasteiger partial charge >= 0.3 is 0 Å². The summed E-state index contributed by atoms with van der Waals surface area (Å²) >= 11 is 0. The maximum atomic E-state index is 4.58. The third-order valence-corrected chi connectivity index (χ3v) is 4.97. The molecule has 0 radical (unpaired) electrons. The lowest BCUT2D eigenvalue weighted by Gasteiger charge is -2.26. The predicted molar refractivity (Wildman–Crippen MR) is 94.4 cm³/mol. The van der Waals surface area contributed by atoms with Crippen molar-refractivity contribution in [1.82, 2.24) is 29.2 Å². The second kappa shape index (κ2) is 6.36. The van der Waals surface area contributed by atoms with Crippen LogP contribution in [0.4, 0.5) is 0 Å². The van der Waals surface area contributed by atoms with Gasteiger partial charge in [0.2, 0.25) is 0 Å². The minimum Gasteiger partial charge on any atom is -0.302 e. The first-order valence-electron chi connectivity index (χ1n) is 8.78. The van der Waals surface area contributed by atoms with Crippen LogP contribution in [0, 0.1) is 13.8 Å². The molecule has 3 aromatic rings. The van der Waals surface area contributed by atoms with E-state index < -0.39 is 0 Å². The molecule has 0 amide bonds. The van der Waals surface area contributed by atoms with Gasteiger partial charge in [0.15, 0.2) is 11.5 Å². The smallest absolute Gasteiger partial charge is 0.163 e. The Kier molecular flexibility index (Phi) is 4.06. The average molecular weight is 324 g/mol. The van der Waals surface area contributed by atoms with Gasteiger partial charge in [-0.1, -0.05) is 6.42 Å². The lowest BCUT2D eigenvalue weighted by atomic mass is 10.1. The van der Waals surface area contributed by atoms with Crippen LogP contribution in [-0.4, -0.2) is 48.8 Å². The van der Waals surface area contributed by atoms with E-state index in [-0.39, 0.29) is 0 Å². The molecule has 126 valence electrons. The summed E-state index contributed by atoms with van der Waals surface area (Å²) in [6.45, 7) is 8.53. The molecule has 0 atom stereocenters. The van der Waals surface area contributed by atoms with Crippen molar-refractivity contribution in [2.75, 3.05) is 19.6 Å². The topological polar surface area (TPSA) is 51.8 Å². The summed E-state index contributed by atoms with van der Waals surface area (Å²) < 4.78 is 4.18. The van der Waals surface area contributed by atoms with Crippen LogP contribution < -0.4 is 0 Å². The van der Waals surface area contributed by atoms with Gasteiger partial charge in [0, 0.05) is 17.9 Å². The first kappa shape index (κ1) is 15.3. The summed E-state index contributed by atoms with van der Waals surface area (Å²) in [5, 5.41) is 5.60. The number of aromatic nitrogens is 5. The SMILES string of the molecule is Cc1ccc(C)n1-c1ncnc2c1cnn2CCN1CCCCC1. The number of hydrogen-bond acceptors (Lipinski definition) is 4. The number of fused-ring (bicyclic) bond motifs is 1. The van der Waals surface area contributed by atoms with Crippen molar-refractivity contribution in [3.8, 4) is 5.82 Å². The molecule has 0 aliphatic carbocycles. The molecule has 4 rings (SSSR count). The van der Waals surface area contributed by atoms with E-state index in [0.29, 0.717) is 0 Å². The minimum atomic E-state index is 0.879. The van der Waals surface area contributed by atoms with E-state index in [0.717, 1.165) is 29.9 Å². The molecule has 0 bridgehead atoms. The molecular formula is C18H24N6. The Morgan fingerprint density at radius 3 is 2.46 bits per heavy atom. The molecule has 0 spiro atoms. The Morgan fingerprint density at radius 2 is 1.71 bits per heavy atom. The molecule has 0 saturated carbocycles. The van der Waals surface area contributed by atoms with Crippen molar-refractivity contribution in [3.63, 3.8) is 0 Å². The Morgan fingerprint density at radius 1 is 0.958 bits per heavy atom. The van der Waals surface area contributed by atoms with Gasteiger partial charge in [-0.3, -0.25) is 0 Å². The number of nitrogens with zero attached hydrogens (tertiary/aromatic N) is 6. The van der Waals surface area contributed by atoms with Crippen LogP contribution in [0.2, 0.25) is 0 Å². The van der Waals surface area contributed by atoms with Crippen molar-refractivity contribution in [2.24, 2.45) is 0 Å². The standard InChI is InChI=1S/C18H24N6/c1-14-6-7-15(2)24(14)18-16-12-21-23(17(16)19-13-20-18)11-10-22-8-4-3-5-9-22/h6-7,12-13H,3-5,8-11H2,1-2H3. The van der Waals surface area contributed by atoms with Crippen molar-refractivity contribution >= 4 is 11.0 Å². The van der Waals surface area contributed by atoms with Crippen LogP contribution in [0.1, 0.15) is 30.7 Å². The Balaban J connectivity index is 1.64. The van der Waals surface area contributed by atoms with Gasteiger partial charge in [0.1, 0.15) is 6.33 Å². The third kappa shape index (κ3) is 2.71. The lowest BCUT2D eigenvalue weighted by Crippen LogP contribution is -2.32. The average Bonchev–Trinajstić information content (AvgIpc) is 3.17. The predicted octanol–water partition coefficient (Wildman–Crippen LogP) is 2.72. The fourth-order valence-electron chi connectivity index (χ4n) is 3.64. The zero-order valence-corrected chi connectivity index (χ0v) is 14.4. The van der Waals surface area contributed by atoms with E-state index in [1.54, 1.807) is 6.33 Å². The van der Waals surface area contributed by atoms with Crippen molar-refractivity contribution in [3.05, 3.63) is 36.0 Å². The van der Waals surface area contributed by atoms with Crippen LogP contribution >= 0.6 is 0 Å². The molecule has 6 nitrogen and oxygen atoms in total. The van der Waals surface area contributed by atoms with Gasteiger partial charge in [-0.25, -0.2) is 14.6 Å². The second-order valence-corrected chi connectivity index (χ2v) is 6.66. The largest absolute Gasteiger partial charge is 0.302 e. The molecule has 1 saturated heterocycles. The van der Waals surface area contributed by atoms with Crippen molar-refractivity contribution < 1.29 is 0 Å². The molecule has 6 heteroatoms. The summed E-state index contributed by atoms with van der Waals surface area (Å²) in [5.41, 5.74) is 3.27. The maximum Gasteiger partial charge on any atom is 0.163 e. The Labute approximate surface area is 142 Å². The third-order valence-electron chi connectivity index (χ3n) is 4.97. The van der Waals surface area contributed by atoms with Crippen LogP contribution in [0.25, 0.3) is 16.9 Å². The summed E-state index contributed by atoms with van der Waals surface area (Å²) in [6.07, 6.45) is 7.56. The molecule has 4 heterocycles. The quantitative estimate of drug-likeness (QED) is 0.740. The van der Waals surface area contributed by atoms with Crippen LogP contribution in [-0.2, 0) is 6.54 Å².